The standard InChI is InChI=1S/C10H19NO2/c1-5-13-10(12)9(4)7-11-6-8(2)3/h7-8,11H,5-6H2,1-4H3/b9-7+. The van der Waals surface area contributed by atoms with Crippen molar-refractivity contribution in [3.63, 3.8) is 0 Å². The van der Waals surface area contributed by atoms with Crippen molar-refractivity contribution in [3.05, 3.63) is 11.8 Å². The van der Waals surface area contributed by atoms with Crippen LogP contribution in [-0.4, -0.2) is 19.1 Å². The van der Waals surface area contributed by atoms with E-state index in [1.807, 2.05) is 0 Å². The molecular weight excluding hydrogens is 166 g/mol. The van der Waals surface area contributed by atoms with Crippen LogP contribution in [0, 0.1) is 5.92 Å². The molecule has 0 aliphatic rings. The third-order valence-corrected chi connectivity index (χ3v) is 1.44. The number of ether oxygens (including phenoxy) is 1. The van der Waals surface area contributed by atoms with E-state index in [4.69, 9.17) is 4.74 Å². The van der Waals surface area contributed by atoms with Crippen molar-refractivity contribution in [2.24, 2.45) is 5.92 Å². The molecule has 0 fully saturated rings. The molecular formula is C10H19NO2. The van der Waals surface area contributed by atoms with Gasteiger partial charge in [0.25, 0.3) is 0 Å². The van der Waals surface area contributed by atoms with Gasteiger partial charge in [0, 0.05) is 18.3 Å². The van der Waals surface area contributed by atoms with Gasteiger partial charge in [-0.1, -0.05) is 13.8 Å². The molecule has 0 saturated carbocycles. The molecule has 1 N–H and O–H groups in total. The van der Waals surface area contributed by atoms with Crippen molar-refractivity contribution >= 4 is 5.97 Å². The fourth-order valence-electron chi connectivity index (χ4n) is 0.752. The summed E-state index contributed by atoms with van der Waals surface area (Å²) >= 11 is 0. The summed E-state index contributed by atoms with van der Waals surface area (Å²) in [7, 11) is 0. The van der Waals surface area contributed by atoms with Gasteiger partial charge in [-0.15, -0.1) is 0 Å². The maximum absolute atomic E-state index is 11.1. The lowest BCUT2D eigenvalue weighted by molar-refractivity contribution is -0.138. The second-order valence-corrected chi connectivity index (χ2v) is 3.35. The molecule has 0 radical (unpaired) electrons. The second-order valence-electron chi connectivity index (χ2n) is 3.35. The van der Waals surface area contributed by atoms with Gasteiger partial charge in [-0.05, 0) is 19.8 Å². The zero-order valence-electron chi connectivity index (χ0n) is 8.89. The minimum absolute atomic E-state index is 0.251. The molecule has 0 rings (SSSR count). The summed E-state index contributed by atoms with van der Waals surface area (Å²) < 4.78 is 4.81. The van der Waals surface area contributed by atoms with E-state index in [-0.39, 0.29) is 5.97 Å². The molecule has 0 atom stereocenters. The van der Waals surface area contributed by atoms with Crippen LogP contribution in [0.3, 0.4) is 0 Å². The van der Waals surface area contributed by atoms with Crippen LogP contribution < -0.4 is 5.32 Å². The molecule has 0 aromatic carbocycles. The highest BCUT2D eigenvalue weighted by Gasteiger charge is 2.02. The molecule has 0 saturated heterocycles. The monoisotopic (exact) mass is 185 g/mol. The molecule has 0 aromatic rings. The van der Waals surface area contributed by atoms with E-state index >= 15 is 0 Å². The number of esters is 1. The molecule has 0 spiro atoms. The number of carbonyl (C=O) groups excluding carboxylic acids is 1. The Morgan fingerprint density at radius 1 is 1.54 bits per heavy atom. The third kappa shape index (κ3) is 6.20. The molecule has 76 valence electrons. The van der Waals surface area contributed by atoms with Crippen LogP contribution >= 0.6 is 0 Å². The highest BCUT2D eigenvalue weighted by Crippen LogP contribution is 1.95. The molecule has 0 aromatic heterocycles. The molecule has 3 heteroatoms. The Labute approximate surface area is 80.2 Å². The topological polar surface area (TPSA) is 38.3 Å². The normalized spacial score (nSPS) is 11.6. The number of nitrogens with one attached hydrogen (secondary N) is 1. The fourth-order valence-corrected chi connectivity index (χ4v) is 0.752. The smallest absolute Gasteiger partial charge is 0.335 e. The van der Waals surface area contributed by atoms with Gasteiger partial charge < -0.3 is 10.1 Å². The average Bonchev–Trinajstić information content (AvgIpc) is 2.04. The van der Waals surface area contributed by atoms with Gasteiger partial charge >= 0.3 is 5.97 Å². The Balaban J connectivity index is 3.80. The molecule has 0 aliphatic heterocycles. The van der Waals surface area contributed by atoms with Gasteiger partial charge in [0.05, 0.1) is 6.61 Å². The minimum atomic E-state index is -0.251. The van der Waals surface area contributed by atoms with E-state index in [2.05, 4.69) is 19.2 Å². The largest absolute Gasteiger partial charge is 0.463 e. The highest BCUT2D eigenvalue weighted by molar-refractivity contribution is 5.87. The van der Waals surface area contributed by atoms with Gasteiger partial charge in [0.1, 0.15) is 0 Å². The van der Waals surface area contributed by atoms with Crippen LogP contribution in [0.2, 0.25) is 0 Å². The lowest BCUT2D eigenvalue weighted by Crippen LogP contribution is -2.15. The molecule has 0 bridgehead atoms. The number of carbonyl (C=O) groups is 1. The second kappa shape index (κ2) is 6.52. The summed E-state index contributed by atoms with van der Waals surface area (Å²) in [5.74, 6) is 0.324. The SMILES string of the molecule is CCOC(=O)/C(C)=C/NCC(C)C. The first kappa shape index (κ1) is 12.0. The Morgan fingerprint density at radius 3 is 2.62 bits per heavy atom. The molecule has 0 amide bonds. The average molecular weight is 185 g/mol. The summed E-state index contributed by atoms with van der Waals surface area (Å²) in [6.45, 7) is 9.06. The third-order valence-electron chi connectivity index (χ3n) is 1.44. The maximum Gasteiger partial charge on any atom is 0.335 e. The first-order valence-corrected chi connectivity index (χ1v) is 4.65. The lowest BCUT2D eigenvalue weighted by Gasteiger charge is -2.05. The highest BCUT2D eigenvalue weighted by atomic mass is 16.5. The van der Waals surface area contributed by atoms with Crippen LogP contribution in [0.5, 0.6) is 0 Å². The van der Waals surface area contributed by atoms with Crippen molar-refractivity contribution in [3.8, 4) is 0 Å². The van der Waals surface area contributed by atoms with E-state index in [1.54, 1.807) is 20.0 Å². The molecule has 13 heavy (non-hydrogen) atoms. The van der Waals surface area contributed by atoms with Crippen LogP contribution in [0.1, 0.15) is 27.7 Å². The quantitative estimate of drug-likeness (QED) is 0.523. The minimum Gasteiger partial charge on any atom is -0.463 e. The van der Waals surface area contributed by atoms with Crippen LogP contribution in [0.4, 0.5) is 0 Å². The van der Waals surface area contributed by atoms with E-state index in [9.17, 15) is 4.79 Å². The molecule has 3 nitrogen and oxygen atoms in total. The summed E-state index contributed by atoms with van der Waals surface area (Å²) in [5, 5.41) is 3.06. The first-order chi connectivity index (χ1) is 6.07. The predicted octanol–water partition coefficient (Wildman–Crippen LogP) is 1.70. The van der Waals surface area contributed by atoms with Crippen molar-refractivity contribution in [1.82, 2.24) is 5.32 Å². The van der Waals surface area contributed by atoms with Crippen molar-refractivity contribution in [2.75, 3.05) is 13.2 Å². The van der Waals surface area contributed by atoms with Gasteiger partial charge in [-0.25, -0.2) is 4.79 Å². The molecule has 0 unspecified atom stereocenters. The van der Waals surface area contributed by atoms with E-state index in [0.717, 1.165) is 6.54 Å². The Bertz CT molecular complexity index is 185. The first-order valence-electron chi connectivity index (χ1n) is 4.65. The van der Waals surface area contributed by atoms with Crippen LogP contribution in [0.15, 0.2) is 11.8 Å². The van der Waals surface area contributed by atoms with Gasteiger partial charge in [-0.3, -0.25) is 0 Å². The summed E-state index contributed by atoms with van der Waals surface area (Å²) in [5.41, 5.74) is 0.613. The van der Waals surface area contributed by atoms with E-state index < -0.39 is 0 Å². The van der Waals surface area contributed by atoms with Gasteiger partial charge in [0.2, 0.25) is 0 Å². The van der Waals surface area contributed by atoms with Gasteiger partial charge in [0.15, 0.2) is 0 Å². The summed E-state index contributed by atoms with van der Waals surface area (Å²) in [4.78, 5) is 11.1. The van der Waals surface area contributed by atoms with Gasteiger partial charge in [-0.2, -0.15) is 0 Å². The predicted molar refractivity (Wildman–Crippen MR) is 53.2 cm³/mol. The summed E-state index contributed by atoms with van der Waals surface area (Å²) in [6, 6.07) is 0. The number of rotatable bonds is 5. The number of hydrogen-bond donors (Lipinski definition) is 1. The summed E-state index contributed by atoms with van der Waals surface area (Å²) in [6.07, 6.45) is 1.71. The molecule has 0 heterocycles. The molecule has 0 aliphatic carbocycles. The Kier molecular flexibility index (Phi) is 6.02. The van der Waals surface area contributed by atoms with E-state index in [0.29, 0.717) is 18.1 Å². The van der Waals surface area contributed by atoms with E-state index in [1.165, 1.54) is 0 Å². The fraction of sp³-hybridized carbons (Fsp3) is 0.700. The zero-order valence-corrected chi connectivity index (χ0v) is 8.89. The zero-order chi connectivity index (χ0) is 10.3. The van der Waals surface area contributed by atoms with Crippen molar-refractivity contribution < 1.29 is 9.53 Å². The van der Waals surface area contributed by atoms with Crippen molar-refractivity contribution in [1.29, 1.82) is 0 Å². The number of hydrogen-bond acceptors (Lipinski definition) is 3. The van der Waals surface area contributed by atoms with Crippen molar-refractivity contribution in [2.45, 2.75) is 27.7 Å². The Morgan fingerprint density at radius 2 is 2.15 bits per heavy atom. The van der Waals surface area contributed by atoms with Crippen LogP contribution in [0.25, 0.3) is 0 Å². The van der Waals surface area contributed by atoms with Crippen LogP contribution in [-0.2, 0) is 9.53 Å². The Hall–Kier alpha value is -0.990. The maximum atomic E-state index is 11.1. The lowest BCUT2D eigenvalue weighted by atomic mass is 10.2.